The first kappa shape index (κ1) is 13.8. The number of hydrogen-bond acceptors (Lipinski definition) is 5. The van der Waals surface area contributed by atoms with E-state index in [0.29, 0.717) is 0 Å². The molecule has 0 saturated carbocycles. The van der Waals surface area contributed by atoms with Gasteiger partial charge in [0, 0.05) is 12.3 Å². The lowest BCUT2D eigenvalue weighted by Crippen LogP contribution is -2.37. The number of alkyl halides is 2. The van der Waals surface area contributed by atoms with E-state index in [1.54, 1.807) is 0 Å². The Labute approximate surface area is 105 Å². The quantitative estimate of drug-likeness (QED) is 0.635. The molecule has 2 rings (SSSR count). The highest BCUT2D eigenvalue weighted by atomic mass is 19.3. The molecule has 106 valence electrons. The summed E-state index contributed by atoms with van der Waals surface area (Å²) in [5, 5.41) is 18.6. The van der Waals surface area contributed by atoms with E-state index in [1.807, 2.05) is 4.98 Å². The normalized spacial score (nSPS) is 31.0. The van der Waals surface area contributed by atoms with Crippen LogP contribution in [0.2, 0.25) is 0 Å². The molecule has 3 N–H and O–H groups in total. The van der Waals surface area contributed by atoms with Gasteiger partial charge in [-0.05, 0) is 0 Å². The van der Waals surface area contributed by atoms with Crippen LogP contribution >= 0.6 is 0 Å². The van der Waals surface area contributed by atoms with Gasteiger partial charge in [-0.1, -0.05) is 0 Å². The van der Waals surface area contributed by atoms with Gasteiger partial charge in [0.25, 0.3) is 5.56 Å². The number of aliphatic hydroxyl groups is 2. The first-order valence-corrected chi connectivity index (χ1v) is 5.49. The summed E-state index contributed by atoms with van der Waals surface area (Å²) >= 11 is 0. The number of aliphatic hydroxyl groups excluding tert-OH is 2. The van der Waals surface area contributed by atoms with Gasteiger partial charge >= 0.3 is 5.69 Å². The Morgan fingerprint density at radius 3 is 2.68 bits per heavy atom. The molecule has 0 aliphatic carbocycles. The summed E-state index contributed by atoms with van der Waals surface area (Å²) in [5.74, 6) is -1.67. The largest absolute Gasteiger partial charge is 0.394 e. The second-order valence-electron chi connectivity index (χ2n) is 4.17. The average molecular weight is 278 g/mol. The highest BCUT2D eigenvalue weighted by Gasteiger charge is 2.49. The maximum absolute atomic E-state index is 12.9. The zero-order valence-corrected chi connectivity index (χ0v) is 9.57. The average Bonchev–Trinajstić information content (AvgIpc) is 2.66. The molecule has 0 unspecified atom stereocenters. The standard InChI is InChI=1S/C10H12F2N2O5/c11-8(12)6-7(17)4(3-15)19-9(6)14-2-1-5(16)13-10(14)18/h1-2,4,6-9,15,17H,3H2,(H,13,16,18)/t4-,6-,7-,9+/m1/s1. The molecule has 1 aliphatic rings. The van der Waals surface area contributed by atoms with E-state index < -0.39 is 48.6 Å². The molecule has 1 aromatic rings. The molecule has 0 bridgehead atoms. The van der Waals surface area contributed by atoms with Gasteiger partial charge in [-0.2, -0.15) is 0 Å². The minimum atomic E-state index is -2.95. The van der Waals surface area contributed by atoms with Crippen molar-refractivity contribution >= 4 is 0 Å². The molecule has 1 saturated heterocycles. The zero-order valence-electron chi connectivity index (χ0n) is 9.57. The summed E-state index contributed by atoms with van der Waals surface area (Å²) in [6.07, 6.45) is -6.20. The fourth-order valence-corrected chi connectivity index (χ4v) is 2.07. The van der Waals surface area contributed by atoms with Gasteiger partial charge < -0.3 is 14.9 Å². The number of rotatable bonds is 3. The lowest BCUT2D eigenvalue weighted by Gasteiger charge is -2.20. The van der Waals surface area contributed by atoms with Crippen LogP contribution in [0, 0.1) is 5.92 Å². The van der Waals surface area contributed by atoms with Crippen LogP contribution in [-0.4, -0.2) is 45.0 Å². The molecule has 1 aromatic heterocycles. The summed E-state index contributed by atoms with van der Waals surface area (Å²) in [7, 11) is 0. The number of halogens is 2. The zero-order chi connectivity index (χ0) is 14.2. The van der Waals surface area contributed by atoms with Crippen LogP contribution in [0.3, 0.4) is 0 Å². The van der Waals surface area contributed by atoms with Gasteiger partial charge in [0.1, 0.15) is 12.3 Å². The van der Waals surface area contributed by atoms with Crippen molar-refractivity contribution in [2.45, 2.75) is 24.9 Å². The van der Waals surface area contributed by atoms with Crippen LogP contribution in [0.25, 0.3) is 0 Å². The van der Waals surface area contributed by atoms with Crippen molar-refractivity contribution in [3.8, 4) is 0 Å². The summed E-state index contributed by atoms with van der Waals surface area (Å²) in [6.45, 7) is -0.654. The van der Waals surface area contributed by atoms with Crippen LogP contribution in [0.15, 0.2) is 21.9 Å². The van der Waals surface area contributed by atoms with Crippen molar-refractivity contribution in [1.82, 2.24) is 9.55 Å². The minimum Gasteiger partial charge on any atom is -0.394 e. The Kier molecular flexibility index (Phi) is 3.78. The van der Waals surface area contributed by atoms with Crippen molar-refractivity contribution in [3.05, 3.63) is 33.1 Å². The van der Waals surface area contributed by atoms with Gasteiger partial charge in [-0.25, -0.2) is 13.6 Å². The second-order valence-corrected chi connectivity index (χ2v) is 4.17. The number of ether oxygens (including phenoxy) is 1. The molecule has 4 atom stereocenters. The smallest absolute Gasteiger partial charge is 0.330 e. The molecule has 0 radical (unpaired) electrons. The number of aromatic nitrogens is 2. The Hall–Kier alpha value is -1.58. The van der Waals surface area contributed by atoms with E-state index >= 15 is 0 Å². The summed E-state index contributed by atoms with van der Waals surface area (Å²) < 4.78 is 31.7. The topological polar surface area (TPSA) is 105 Å². The molecule has 0 aromatic carbocycles. The van der Waals surface area contributed by atoms with Crippen molar-refractivity contribution in [2.24, 2.45) is 5.92 Å². The SMILES string of the molecule is O=c1ccn([C@H]2O[C@H](CO)[C@@H](O)[C@@H]2C(F)F)c(=O)[nH]1. The third-order valence-electron chi connectivity index (χ3n) is 3.01. The number of hydrogen-bond donors (Lipinski definition) is 3. The van der Waals surface area contributed by atoms with Crippen molar-refractivity contribution in [2.75, 3.05) is 6.61 Å². The lowest BCUT2D eigenvalue weighted by atomic mass is 10.0. The Bertz CT molecular complexity index is 557. The first-order chi connectivity index (χ1) is 8.95. The number of aromatic amines is 1. The van der Waals surface area contributed by atoms with E-state index in [0.717, 1.165) is 16.8 Å². The molecule has 19 heavy (non-hydrogen) atoms. The van der Waals surface area contributed by atoms with E-state index in [9.17, 15) is 23.5 Å². The number of H-pyrrole nitrogens is 1. The van der Waals surface area contributed by atoms with Crippen LogP contribution in [-0.2, 0) is 4.74 Å². The second kappa shape index (κ2) is 5.19. The first-order valence-electron chi connectivity index (χ1n) is 5.49. The van der Waals surface area contributed by atoms with E-state index in [-0.39, 0.29) is 0 Å². The van der Waals surface area contributed by atoms with Gasteiger partial charge in [0.05, 0.1) is 18.6 Å². The van der Waals surface area contributed by atoms with Gasteiger partial charge in [-0.3, -0.25) is 14.3 Å². The van der Waals surface area contributed by atoms with Crippen molar-refractivity contribution < 1.29 is 23.7 Å². The third-order valence-corrected chi connectivity index (χ3v) is 3.01. The van der Waals surface area contributed by atoms with E-state index in [1.165, 1.54) is 0 Å². The maximum atomic E-state index is 12.9. The highest BCUT2D eigenvalue weighted by molar-refractivity contribution is 4.93. The molecular formula is C10H12F2N2O5. The monoisotopic (exact) mass is 278 g/mol. The molecule has 0 spiro atoms. The van der Waals surface area contributed by atoms with Crippen molar-refractivity contribution in [3.63, 3.8) is 0 Å². The third kappa shape index (κ3) is 2.44. The molecule has 9 heteroatoms. The van der Waals surface area contributed by atoms with Crippen LogP contribution in [0.4, 0.5) is 8.78 Å². The Balaban J connectivity index is 2.42. The van der Waals surface area contributed by atoms with E-state index in [4.69, 9.17) is 9.84 Å². The Morgan fingerprint density at radius 2 is 2.16 bits per heavy atom. The maximum Gasteiger partial charge on any atom is 0.330 e. The lowest BCUT2D eigenvalue weighted by molar-refractivity contribution is -0.0594. The summed E-state index contributed by atoms with van der Waals surface area (Å²) in [6, 6.07) is 0.978. The van der Waals surface area contributed by atoms with Crippen LogP contribution < -0.4 is 11.2 Å². The number of nitrogens with zero attached hydrogens (tertiary/aromatic N) is 1. The van der Waals surface area contributed by atoms with Crippen molar-refractivity contribution in [1.29, 1.82) is 0 Å². The fraction of sp³-hybridized carbons (Fsp3) is 0.600. The molecule has 1 fully saturated rings. The molecule has 7 nitrogen and oxygen atoms in total. The predicted molar refractivity (Wildman–Crippen MR) is 57.8 cm³/mol. The molecule has 0 amide bonds. The Morgan fingerprint density at radius 1 is 1.47 bits per heavy atom. The van der Waals surface area contributed by atoms with Gasteiger partial charge in [0.15, 0.2) is 0 Å². The fourth-order valence-electron chi connectivity index (χ4n) is 2.07. The van der Waals surface area contributed by atoms with Crippen LogP contribution in [0.1, 0.15) is 6.23 Å². The van der Waals surface area contributed by atoms with Crippen LogP contribution in [0.5, 0.6) is 0 Å². The predicted octanol–water partition coefficient (Wildman–Crippen LogP) is -1.33. The van der Waals surface area contributed by atoms with Gasteiger partial charge in [0.2, 0.25) is 6.43 Å². The van der Waals surface area contributed by atoms with Gasteiger partial charge in [-0.15, -0.1) is 0 Å². The summed E-state index contributed by atoms with van der Waals surface area (Å²) in [5.41, 5.74) is -1.60. The summed E-state index contributed by atoms with van der Waals surface area (Å²) in [4.78, 5) is 24.4. The molecular weight excluding hydrogens is 266 g/mol. The molecule has 1 aliphatic heterocycles. The number of nitrogens with one attached hydrogen (secondary N) is 1. The molecule has 2 heterocycles. The van der Waals surface area contributed by atoms with E-state index in [2.05, 4.69) is 0 Å². The highest BCUT2D eigenvalue weighted by Crippen LogP contribution is 2.37. The minimum absolute atomic E-state index is 0.654.